The van der Waals surface area contributed by atoms with Gasteiger partial charge in [-0.1, -0.05) is 6.07 Å². The largest absolute Gasteiger partial charge is 0.354 e. The molecule has 0 N–H and O–H groups in total. The van der Waals surface area contributed by atoms with Crippen LogP contribution in [0.1, 0.15) is 23.2 Å². The monoisotopic (exact) mass is 398 g/mol. The van der Waals surface area contributed by atoms with Crippen LogP contribution in [0.4, 0.5) is 5.82 Å². The zero-order valence-electron chi connectivity index (χ0n) is 15.7. The Kier molecular flexibility index (Phi) is 4.09. The molecule has 28 heavy (non-hydrogen) atoms. The SMILES string of the molecule is Cc1cc(N2CCN(S(=O)(=O)c3ccc4c(c3)CCC4)CC2)n2ncnc2n1. The second-order valence-electron chi connectivity index (χ2n) is 7.40. The second-order valence-corrected chi connectivity index (χ2v) is 9.34. The Morgan fingerprint density at radius 1 is 1.00 bits per heavy atom. The smallest absolute Gasteiger partial charge is 0.254 e. The van der Waals surface area contributed by atoms with Gasteiger partial charge < -0.3 is 4.90 Å². The molecule has 3 heterocycles. The molecule has 3 aromatic rings. The van der Waals surface area contributed by atoms with Crippen LogP contribution in [0.5, 0.6) is 0 Å². The van der Waals surface area contributed by atoms with E-state index in [0.29, 0.717) is 36.9 Å². The van der Waals surface area contributed by atoms with Gasteiger partial charge in [-0.2, -0.15) is 18.9 Å². The lowest BCUT2D eigenvalue weighted by Gasteiger charge is -2.35. The summed E-state index contributed by atoms with van der Waals surface area (Å²) in [6, 6.07) is 7.57. The van der Waals surface area contributed by atoms with E-state index in [4.69, 9.17) is 0 Å². The molecule has 0 atom stereocenters. The molecule has 1 aliphatic carbocycles. The highest BCUT2D eigenvalue weighted by Gasteiger charge is 2.30. The summed E-state index contributed by atoms with van der Waals surface area (Å²) in [5.74, 6) is 1.46. The molecule has 0 radical (unpaired) electrons. The van der Waals surface area contributed by atoms with Crippen LogP contribution in [-0.4, -0.2) is 58.5 Å². The molecular weight excluding hydrogens is 376 g/mol. The number of nitrogens with zero attached hydrogens (tertiary/aromatic N) is 6. The van der Waals surface area contributed by atoms with Crippen LogP contribution in [0.2, 0.25) is 0 Å². The third-order valence-electron chi connectivity index (χ3n) is 5.63. The van der Waals surface area contributed by atoms with E-state index in [-0.39, 0.29) is 0 Å². The summed E-state index contributed by atoms with van der Waals surface area (Å²) >= 11 is 0. The Balaban J connectivity index is 1.37. The molecule has 2 aliphatic rings. The summed E-state index contributed by atoms with van der Waals surface area (Å²) in [6.07, 6.45) is 4.62. The lowest BCUT2D eigenvalue weighted by atomic mass is 10.1. The summed E-state index contributed by atoms with van der Waals surface area (Å²) < 4.78 is 29.5. The van der Waals surface area contributed by atoms with Crippen molar-refractivity contribution < 1.29 is 8.42 Å². The zero-order chi connectivity index (χ0) is 19.3. The number of benzene rings is 1. The number of rotatable bonds is 3. The number of hydrogen-bond donors (Lipinski definition) is 0. The normalized spacial score (nSPS) is 18.0. The summed E-state index contributed by atoms with van der Waals surface area (Å²) in [4.78, 5) is 11.1. The van der Waals surface area contributed by atoms with Gasteiger partial charge in [0.05, 0.1) is 4.90 Å². The van der Waals surface area contributed by atoms with Crippen molar-refractivity contribution >= 4 is 21.6 Å². The summed E-state index contributed by atoms with van der Waals surface area (Å²) in [6.45, 7) is 4.01. The minimum Gasteiger partial charge on any atom is -0.354 e. The Hall–Kier alpha value is -2.52. The third kappa shape index (κ3) is 2.85. The van der Waals surface area contributed by atoms with Gasteiger partial charge in [0.25, 0.3) is 5.78 Å². The Bertz CT molecular complexity index is 1150. The first-order chi connectivity index (χ1) is 13.5. The molecule has 8 nitrogen and oxygen atoms in total. The molecule has 0 amide bonds. The average molecular weight is 398 g/mol. The fourth-order valence-corrected chi connectivity index (χ4v) is 5.63. The Morgan fingerprint density at radius 2 is 1.79 bits per heavy atom. The minimum absolute atomic E-state index is 0.417. The summed E-state index contributed by atoms with van der Waals surface area (Å²) in [7, 11) is -3.47. The lowest BCUT2D eigenvalue weighted by molar-refractivity contribution is 0.383. The van der Waals surface area contributed by atoms with Gasteiger partial charge >= 0.3 is 0 Å². The Labute approximate surface area is 163 Å². The van der Waals surface area contributed by atoms with Crippen molar-refractivity contribution in [2.45, 2.75) is 31.1 Å². The molecule has 0 unspecified atom stereocenters. The maximum Gasteiger partial charge on any atom is 0.254 e. The van der Waals surface area contributed by atoms with Gasteiger partial charge in [-0.3, -0.25) is 0 Å². The topological polar surface area (TPSA) is 83.7 Å². The highest BCUT2D eigenvalue weighted by atomic mass is 32.2. The van der Waals surface area contributed by atoms with E-state index in [1.165, 1.54) is 17.5 Å². The number of fused-ring (bicyclic) bond motifs is 2. The molecule has 146 valence electrons. The van der Waals surface area contributed by atoms with Crippen molar-refractivity contribution in [1.29, 1.82) is 0 Å². The summed E-state index contributed by atoms with van der Waals surface area (Å²) in [5, 5.41) is 4.25. The predicted molar refractivity (Wildman–Crippen MR) is 105 cm³/mol. The van der Waals surface area contributed by atoms with Crippen molar-refractivity contribution in [3.8, 4) is 0 Å². The predicted octanol–water partition coefficient (Wildman–Crippen LogP) is 1.43. The van der Waals surface area contributed by atoms with E-state index in [0.717, 1.165) is 30.8 Å². The van der Waals surface area contributed by atoms with Gasteiger partial charge in [-0.05, 0) is 49.4 Å². The fraction of sp³-hybridized carbons (Fsp3) is 0.421. The molecule has 1 aliphatic heterocycles. The van der Waals surface area contributed by atoms with Gasteiger partial charge in [0.15, 0.2) is 0 Å². The maximum absolute atomic E-state index is 13.1. The van der Waals surface area contributed by atoms with Gasteiger partial charge in [-0.25, -0.2) is 13.4 Å². The molecule has 2 aromatic heterocycles. The molecular formula is C19H22N6O2S. The maximum atomic E-state index is 13.1. The van der Waals surface area contributed by atoms with Crippen LogP contribution in [-0.2, 0) is 22.9 Å². The minimum atomic E-state index is -3.47. The quantitative estimate of drug-likeness (QED) is 0.664. The van der Waals surface area contributed by atoms with Crippen LogP contribution in [0.25, 0.3) is 5.78 Å². The summed E-state index contributed by atoms with van der Waals surface area (Å²) in [5.41, 5.74) is 3.33. The second kappa shape index (κ2) is 6.52. The average Bonchev–Trinajstić information content (AvgIpc) is 3.35. The molecule has 1 saturated heterocycles. The highest BCUT2D eigenvalue weighted by molar-refractivity contribution is 7.89. The van der Waals surface area contributed by atoms with Crippen molar-refractivity contribution in [1.82, 2.24) is 23.9 Å². The zero-order valence-corrected chi connectivity index (χ0v) is 16.6. The first-order valence-corrected chi connectivity index (χ1v) is 11.0. The molecule has 5 rings (SSSR count). The van der Waals surface area contributed by atoms with Crippen LogP contribution in [0.15, 0.2) is 35.5 Å². The van der Waals surface area contributed by atoms with E-state index in [9.17, 15) is 8.42 Å². The standard InChI is InChI=1S/C19H22N6O2S/c1-14-11-18(25-19(22-14)20-13-21-25)23-7-9-24(10-8-23)28(26,27)17-6-5-15-3-2-4-16(15)12-17/h5-6,11-13H,2-4,7-10H2,1H3. The van der Waals surface area contributed by atoms with Gasteiger partial charge in [0.1, 0.15) is 12.1 Å². The van der Waals surface area contributed by atoms with E-state index >= 15 is 0 Å². The number of piperazine rings is 1. The number of aromatic nitrogens is 4. The van der Waals surface area contributed by atoms with Crippen molar-refractivity contribution in [2.75, 3.05) is 31.1 Å². The van der Waals surface area contributed by atoms with E-state index in [1.807, 2.05) is 25.1 Å². The van der Waals surface area contributed by atoms with Crippen LogP contribution in [0.3, 0.4) is 0 Å². The van der Waals surface area contributed by atoms with Gasteiger partial charge in [0, 0.05) is 37.9 Å². The number of anilines is 1. The number of aryl methyl sites for hydroxylation is 3. The molecule has 0 spiro atoms. The van der Waals surface area contributed by atoms with Crippen molar-refractivity contribution in [3.63, 3.8) is 0 Å². The van der Waals surface area contributed by atoms with E-state index in [2.05, 4.69) is 20.0 Å². The van der Waals surface area contributed by atoms with Crippen molar-refractivity contribution in [2.24, 2.45) is 0 Å². The number of sulfonamides is 1. The highest BCUT2D eigenvalue weighted by Crippen LogP contribution is 2.27. The van der Waals surface area contributed by atoms with E-state index in [1.54, 1.807) is 14.9 Å². The van der Waals surface area contributed by atoms with E-state index < -0.39 is 10.0 Å². The lowest BCUT2D eigenvalue weighted by Crippen LogP contribution is -2.49. The number of hydrogen-bond acceptors (Lipinski definition) is 6. The third-order valence-corrected chi connectivity index (χ3v) is 7.53. The fourth-order valence-electron chi connectivity index (χ4n) is 4.15. The first kappa shape index (κ1) is 17.6. The molecule has 0 saturated carbocycles. The molecule has 0 bridgehead atoms. The van der Waals surface area contributed by atoms with Gasteiger partial charge in [0.2, 0.25) is 10.0 Å². The van der Waals surface area contributed by atoms with Gasteiger partial charge in [-0.15, -0.1) is 0 Å². The Morgan fingerprint density at radius 3 is 2.61 bits per heavy atom. The van der Waals surface area contributed by atoms with Crippen molar-refractivity contribution in [3.05, 3.63) is 47.4 Å². The van der Waals surface area contributed by atoms with Crippen LogP contribution in [0, 0.1) is 6.92 Å². The molecule has 9 heteroatoms. The first-order valence-electron chi connectivity index (χ1n) is 9.57. The molecule has 1 aromatic carbocycles. The van der Waals surface area contributed by atoms with Crippen LogP contribution < -0.4 is 4.90 Å². The molecule has 1 fully saturated rings. The van der Waals surface area contributed by atoms with Crippen LogP contribution >= 0.6 is 0 Å².